The molecule has 0 fully saturated rings. The first-order valence-electron chi connectivity index (χ1n) is 6.30. The van der Waals surface area contributed by atoms with Gasteiger partial charge in [0.2, 0.25) is 0 Å². The van der Waals surface area contributed by atoms with E-state index < -0.39 is 10.5 Å². The summed E-state index contributed by atoms with van der Waals surface area (Å²) in [4.78, 5) is 10.6. The summed E-state index contributed by atoms with van der Waals surface area (Å²) in [6.07, 6.45) is 0.779. The fraction of sp³-hybridized carbons (Fsp3) is 0.538. The Kier molecular flexibility index (Phi) is 5.62. The number of hydrogen-bond acceptors (Lipinski definition) is 4. The van der Waals surface area contributed by atoms with Gasteiger partial charge in [-0.1, -0.05) is 37.0 Å². The molecule has 20 heavy (non-hydrogen) atoms. The minimum absolute atomic E-state index is 0.108. The average Bonchev–Trinajstić information content (AvgIpc) is 2.32. The predicted octanol–water partition coefficient (Wildman–Crippen LogP) is 4.08. The van der Waals surface area contributed by atoms with Gasteiger partial charge in [-0.2, -0.15) is 0 Å². The van der Waals surface area contributed by atoms with Crippen LogP contribution in [0.1, 0.15) is 27.2 Å². The van der Waals surface area contributed by atoms with E-state index in [-0.39, 0.29) is 15.7 Å². The van der Waals surface area contributed by atoms with Crippen molar-refractivity contribution in [3.05, 3.63) is 32.3 Å². The van der Waals surface area contributed by atoms with Crippen LogP contribution < -0.4 is 11.1 Å². The summed E-state index contributed by atoms with van der Waals surface area (Å²) in [5.41, 5.74) is 5.58. The Hall–Kier alpha value is -1.04. The van der Waals surface area contributed by atoms with Gasteiger partial charge in [-0.3, -0.25) is 10.1 Å². The molecular weight excluding hydrogens is 301 g/mol. The highest BCUT2D eigenvalue weighted by Crippen LogP contribution is 2.36. The summed E-state index contributed by atoms with van der Waals surface area (Å²) >= 11 is 11.8. The zero-order valence-electron chi connectivity index (χ0n) is 11.7. The van der Waals surface area contributed by atoms with Crippen LogP contribution in [-0.4, -0.2) is 17.0 Å². The molecule has 1 aromatic carbocycles. The van der Waals surface area contributed by atoms with Crippen molar-refractivity contribution in [1.29, 1.82) is 0 Å². The second kappa shape index (κ2) is 6.61. The summed E-state index contributed by atoms with van der Waals surface area (Å²) in [7, 11) is 0. The van der Waals surface area contributed by atoms with E-state index in [1.165, 1.54) is 12.1 Å². The van der Waals surface area contributed by atoms with Crippen LogP contribution in [0.5, 0.6) is 0 Å². The van der Waals surface area contributed by atoms with Gasteiger partial charge < -0.3 is 11.1 Å². The molecule has 0 spiro atoms. The molecule has 0 aliphatic heterocycles. The summed E-state index contributed by atoms with van der Waals surface area (Å²) in [5, 5.41) is 14.7. The molecule has 1 unspecified atom stereocenters. The summed E-state index contributed by atoms with van der Waals surface area (Å²) < 4.78 is 0. The molecule has 0 bridgehead atoms. The molecule has 3 N–H and O–H groups in total. The Balaban J connectivity index is 3.18. The Morgan fingerprint density at radius 3 is 2.40 bits per heavy atom. The maximum atomic E-state index is 11.1. The molecule has 7 heteroatoms. The second-order valence-electron chi connectivity index (χ2n) is 5.53. The molecule has 0 saturated carbocycles. The monoisotopic (exact) mass is 319 g/mol. The molecule has 1 atom stereocenters. The largest absolute Gasteiger partial charge is 0.373 e. The average molecular weight is 320 g/mol. The molecule has 0 radical (unpaired) electrons. The lowest BCUT2D eigenvalue weighted by Gasteiger charge is -2.32. The highest BCUT2D eigenvalue weighted by Gasteiger charge is 2.27. The van der Waals surface area contributed by atoms with Crippen LogP contribution in [0.15, 0.2) is 12.1 Å². The van der Waals surface area contributed by atoms with Crippen LogP contribution in [0.3, 0.4) is 0 Å². The number of benzene rings is 1. The third kappa shape index (κ3) is 4.23. The number of rotatable bonds is 6. The molecular formula is C13H19Cl2N3O2. The van der Waals surface area contributed by atoms with Crippen molar-refractivity contribution >= 4 is 34.6 Å². The number of nitrogens with zero attached hydrogens (tertiary/aromatic N) is 1. The third-order valence-corrected chi connectivity index (χ3v) is 3.70. The van der Waals surface area contributed by atoms with Crippen LogP contribution in [0.2, 0.25) is 10.0 Å². The van der Waals surface area contributed by atoms with Crippen molar-refractivity contribution < 1.29 is 4.92 Å². The van der Waals surface area contributed by atoms with Crippen molar-refractivity contribution in [3.8, 4) is 0 Å². The highest BCUT2D eigenvalue weighted by atomic mass is 35.5. The van der Waals surface area contributed by atoms with Crippen molar-refractivity contribution in [1.82, 2.24) is 0 Å². The second-order valence-corrected chi connectivity index (χ2v) is 6.34. The molecule has 1 aromatic rings. The van der Waals surface area contributed by atoms with Gasteiger partial charge in [0.05, 0.1) is 15.0 Å². The standard InChI is InChI=1S/C13H19Cl2N3O2/c1-8(2)6-13(3,7-16)17-11-4-9(14)10(15)5-12(11)18(19)20/h4-5,8,17H,6-7,16H2,1-3H3. The van der Waals surface area contributed by atoms with Gasteiger partial charge >= 0.3 is 0 Å². The quantitative estimate of drug-likeness (QED) is 0.611. The van der Waals surface area contributed by atoms with Crippen molar-refractivity contribution in [3.63, 3.8) is 0 Å². The van der Waals surface area contributed by atoms with Gasteiger partial charge in [-0.05, 0) is 25.3 Å². The fourth-order valence-electron chi connectivity index (χ4n) is 2.20. The minimum Gasteiger partial charge on any atom is -0.373 e. The van der Waals surface area contributed by atoms with E-state index in [1.54, 1.807) is 0 Å². The number of nitrogens with two attached hydrogens (primary N) is 1. The van der Waals surface area contributed by atoms with Gasteiger partial charge in [0.15, 0.2) is 0 Å². The zero-order chi connectivity index (χ0) is 15.5. The number of anilines is 1. The zero-order valence-corrected chi connectivity index (χ0v) is 13.3. The van der Waals surface area contributed by atoms with E-state index in [0.717, 1.165) is 6.42 Å². The smallest absolute Gasteiger partial charge is 0.293 e. The van der Waals surface area contributed by atoms with Crippen molar-refractivity contribution in [2.45, 2.75) is 32.7 Å². The van der Waals surface area contributed by atoms with Crippen LogP contribution in [0.4, 0.5) is 11.4 Å². The molecule has 0 aromatic heterocycles. The molecule has 0 aliphatic carbocycles. The maximum Gasteiger partial charge on any atom is 0.293 e. The predicted molar refractivity (Wildman–Crippen MR) is 83.7 cm³/mol. The lowest BCUT2D eigenvalue weighted by atomic mass is 9.90. The Labute approximate surface area is 128 Å². The number of nitro benzene ring substituents is 1. The lowest BCUT2D eigenvalue weighted by Crippen LogP contribution is -2.43. The van der Waals surface area contributed by atoms with Crippen LogP contribution >= 0.6 is 23.2 Å². The third-order valence-electron chi connectivity index (χ3n) is 2.98. The number of nitro groups is 1. The van der Waals surface area contributed by atoms with E-state index in [4.69, 9.17) is 28.9 Å². The first-order valence-corrected chi connectivity index (χ1v) is 7.06. The van der Waals surface area contributed by atoms with Gasteiger partial charge in [0.1, 0.15) is 5.69 Å². The van der Waals surface area contributed by atoms with Gasteiger partial charge in [0.25, 0.3) is 5.69 Å². The Morgan fingerprint density at radius 2 is 1.95 bits per heavy atom. The lowest BCUT2D eigenvalue weighted by molar-refractivity contribution is -0.384. The highest BCUT2D eigenvalue weighted by molar-refractivity contribution is 6.42. The van der Waals surface area contributed by atoms with Gasteiger partial charge in [-0.25, -0.2) is 0 Å². The van der Waals surface area contributed by atoms with E-state index >= 15 is 0 Å². The number of halogens is 2. The molecule has 112 valence electrons. The Morgan fingerprint density at radius 1 is 1.40 bits per heavy atom. The van der Waals surface area contributed by atoms with E-state index in [1.807, 2.05) is 6.92 Å². The normalized spacial score (nSPS) is 14.2. The maximum absolute atomic E-state index is 11.1. The molecule has 0 heterocycles. The molecule has 1 rings (SSSR count). The minimum atomic E-state index is -0.489. The SMILES string of the molecule is CC(C)CC(C)(CN)Nc1cc(Cl)c(Cl)cc1[N+](=O)[O-]. The van der Waals surface area contributed by atoms with Crippen LogP contribution in [0.25, 0.3) is 0 Å². The van der Waals surface area contributed by atoms with Gasteiger partial charge in [0, 0.05) is 18.2 Å². The van der Waals surface area contributed by atoms with Crippen LogP contribution in [-0.2, 0) is 0 Å². The molecule has 0 saturated heterocycles. The van der Waals surface area contributed by atoms with Crippen molar-refractivity contribution in [2.75, 3.05) is 11.9 Å². The van der Waals surface area contributed by atoms with E-state index in [2.05, 4.69) is 19.2 Å². The molecule has 0 aliphatic rings. The van der Waals surface area contributed by atoms with Gasteiger partial charge in [-0.15, -0.1) is 0 Å². The van der Waals surface area contributed by atoms with E-state index in [9.17, 15) is 10.1 Å². The van der Waals surface area contributed by atoms with E-state index in [0.29, 0.717) is 18.2 Å². The van der Waals surface area contributed by atoms with Crippen molar-refractivity contribution in [2.24, 2.45) is 11.7 Å². The first kappa shape index (κ1) is 17.0. The van der Waals surface area contributed by atoms with Crippen LogP contribution in [0, 0.1) is 16.0 Å². The summed E-state index contributed by atoms with van der Waals surface area (Å²) in [5.74, 6) is 0.401. The topological polar surface area (TPSA) is 81.2 Å². The number of hydrogen-bond donors (Lipinski definition) is 2. The molecule has 5 nitrogen and oxygen atoms in total. The number of nitrogens with one attached hydrogen (secondary N) is 1. The first-order chi connectivity index (χ1) is 9.18. The molecule has 0 amide bonds. The fourth-order valence-corrected chi connectivity index (χ4v) is 2.52. The Bertz CT molecular complexity index is 509. The summed E-state index contributed by atoms with van der Waals surface area (Å²) in [6.45, 7) is 6.42. The summed E-state index contributed by atoms with van der Waals surface area (Å²) in [6, 6.07) is 2.72.